The van der Waals surface area contributed by atoms with Crippen molar-refractivity contribution in [3.63, 3.8) is 0 Å². The number of nitrogens with one attached hydrogen (secondary N) is 2. The van der Waals surface area contributed by atoms with Gasteiger partial charge in [-0.3, -0.25) is 10.1 Å². The van der Waals surface area contributed by atoms with Crippen molar-refractivity contribution >= 4 is 45.7 Å². The van der Waals surface area contributed by atoms with E-state index in [9.17, 15) is 9.18 Å². The van der Waals surface area contributed by atoms with Gasteiger partial charge in [-0.2, -0.15) is 10.1 Å². The molecule has 3 aromatic rings. The standard InChI is InChI=1S/C17H18FN5OS.ClH/c1-23-17(20-15(22-23)10-4-6-19-7-5-10)21-16(24)14-9-11-8-12(18)2-3-13(11)25-14;/h2-3,8-10,19H,4-7H2,1H3,(H,20,21,22,24);1H. The minimum Gasteiger partial charge on any atom is -0.317 e. The summed E-state index contributed by atoms with van der Waals surface area (Å²) < 4.78 is 15.8. The number of aromatic nitrogens is 3. The van der Waals surface area contributed by atoms with E-state index in [0.29, 0.717) is 16.7 Å². The highest BCUT2D eigenvalue weighted by Crippen LogP contribution is 2.27. The number of carbonyl (C=O) groups is 1. The van der Waals surface area contributed by atoms with E-state index in [1.54, 1.807) is 23.9 Å². The van der Waals surface area contributed by atoms with E-state index in [2.05, 4.69) is 20.7 Å². The molecule has 1 saturated heterocycles. The Morgan fingerprint density at radius 1 is 1.35 bits per heavy atom. The quantitative estimate of drug-likeness (QED) is 0.713. The molecule has 1 aromatic carbocycles. The largest absolute Gasteiger partial charge is 0.317 e. The fourth-order valence-electron chi connectivity index (χ4n) is 3.06. The average molecular weight is 396 g/mol. The molecule has 0 radical (unpaired) electrons. The normalized spacial score (nSPS) is 15.0. The van der Waals surface area contributed by atoms with E-state index in [-0.39, 0.29) is 24.1 Å². The first-order chi connectivity index (χ1) is 12.1. The number of carbonyl (C=O) groups excluding carboxylic acids is 1. The van der Waals surface area contributed by atoms with Crippen LogP contribution in [0.5, 0.6) is 0 Å². The highest BCUT2D eigenvalue weighted by molar-refractivity contribution is 7.20. The second-order valence-corrected chi connectivity index (χ2v) is 7.27. The number of amides is 1. The van der Waals surface area contributed by atoms with Crippen LogP contribution in [0, 0.1) is 5.82 Å². The molecule has 0 saturated carbocycles. The molecule has 138 valence electrons. The summed E-state index contributed by atoms with van der Waals surface area (Å²) in [5, 5.41) is 11.3. The Morgan fingerprint density at radius 3 is 2.88 bits per heavy atom. The monoisotopic (exact) mass is 395 g/mol. The number of aryl methyl sites for hydroxylation is 1. The van der Waals surface area contributed by atoms with Crippen molar-refractivity contribution in [2.24, 2.45) is 7.05 Å². The molecule has 0 aliphatic carbocycles. The van der Waals surface area contributed by atoms with E-state index in [1.807, 2.05) is 0 Å². The third kappa shape index (κ3) is 3.72. The smallest absolute Gasteiger partial charge is 0.268 e. The van der Waals surface area contributed by atoms with Crippen LogP contribution in [0.1, 0.15) is 34.3 Å². The SMILES string of the molecule is Cl.Cn1nc(C2CCNCC2)nc1NC(=O)c1cc2cc(F)ccc2s1. The second-order valence-electron chi connectivity index (χ2n) is 6.19. The summed E-state index contributed by atoms with van der Waals surface area (Å²) in [7, 11) is 1.77. The number of halogens is 2. The summed E-state index contributed by atoms with van der Waals surface area (Å²) in [5.41, 5.74) is 0. The fraction of sp³-hybridized carbons (Fsp3) is 0.353. The van der Waals surface area contributed by atoms with E-state index >= 15 is 0 Å². The topological polar surface area (TPSA) is 71.8 Å². The fourth-order valence-corrected chi connectivity index (χ4v) is 3.99. The third-order valence-corrected chi connectivity index (χ3v) is 5.53. The number of rotatable bonds is 3. The Labute approximate surface area is 160 Å². The van der Waals surface area contributed by atoms with Crippen LogP contribution in [-0.2, 0) is 7.05 Å². The Morgan fingerprint density at radius 2 is 2.12 bits per heavy atom. The molecule has 2 N–H and O–H groups in total. The minimum absolute atomic E-state index is 0. The van der Waals surface area contributed by atoms with Gasteiger partial charge in [0.2, 0.25) is 5.95 Å². The molecule has 1 aliphatic heterocycles. The maximum absolute atomic E-state index is 13.3. The van der Waals surface area contributed by atoms with Crippen molar-refractivity contribution in [3.8, 4) is 0 Å². The first-order valence-corrected chi connectivity index (χ1v) is 9.04. The molecule has 9 heteroatoms. The summed E-state index contributed by atoms with van der Waals surface area (Å²) in [6.45, 7) is 1.92. The predicted octanol–water partition coefficient (Wildman–Crippen LogP) is 3.31. The molecule has 26 heavy (non-hydrogen) atoms. The predicted molar refractivity (Wildman–Crippen MR) is 103 cm³/mol. The van der Waals surface area contributed by atoms with Crippen LogP contribution in [0.25, 0.3) is 10.1 Å². The first kappa shape index (κ1) is 18.8. The molecule has 1 aliphatic rings. The summed E-state index contributed by atoms with van der Waals surface area (Å²) in [6.07, 6.45) is 2.00. The Hall–Kier alpha value is -2.03. The van der Waals surface area contributed by atoms with Gasteiger partial charge in [0.05, 0.1) is 4.88 Å². The highest BCUT2D eigenvalue weighted by atomic mass is 35.5. The first-order valence-electron chi connectivity index (χ1n) is 8.22. The van der Waals surface area contributed by atoms with Gasteiger partial charge < -0.3 is 5.32 Å². The highest BCUT2D eigenvalue weighted by Gasteiger charge is 2.22. The molecule has 0 bridgehead atoms. The van der Waals surface area contributed by atoms with Crippen LogP contribution in [0.2, 0.25) is 0 Å². The molecule has 1 amide bonds. The van der Waals surface area contributed by atoms with Gasteiger partial charge in [-0.15, -0.1) is 23.7 Å². The zero-order chi connectivity index (χ0) is 17.4. The molecule has 0 atom stereocenters. The minimum atomic E-state index is -0.308. The van der Waals surface area contributed by atoms with E-state index < -0.39 is 0 Å². The number of benzene rings is 1. The lowest BCUT2D eigenvalue weighted by atomic mass is 9.98. The van der Waals surface area contributed by atoms with Crippen molar-refractivity contribution in [2.45, 2.75) is 18.8 Å². The van der Waals surface area contributed by atoms with Crippen molar-refractivity contribution in [1.29, 1.82) is 0 Å². The number of hydrogen-bond acceptors (Lipinski definition) is 5. The number of hydrogen-bond donors (Lipinski definition) is 2. The third-order valence-electron chi connectivity index (χ3n) is 4.41. The molecule has 0 unspecified atom stereocenters. The van der Waals surface area contributed by atoms with Crippen LogP contribution in [0.15, 0.2) is 24.3 Å². The van der Waals surface area contributed by atoms with Gasteiger partial charge in [0.1, 0.15) is 5.82 Å². The Bertz CT molecular complexity index is 935. The number of fused-ring (bicyclic) bond motifs is 1. The maximum Gasteiger partial charge on any atom is 0.268 e. The van der Waals surface area contributed by atoms with Crippen LogP contribution < -0.4 is 10.6 Å². The zero-order valence-corrected chi connectivity index (χ0v) is 15.8. The Balaban J connectivity index is 0.00000196. The van der Waals surface area contributed by atoms with Gasteiger partial charge in [0.15, 0.2) is 5.82 Å². The molecular weight excluding hydrogens is 377 g/mol. The van der Waals surface area contributed by atoms with Gasteiger partial charge in [-0.1, -0.05) is 0 Å². The molecule has 6 nitrogen and oxygen atoms in total. The summed E-state index contributed by atoms with van der Waals surface area (Å²) in [5.74, 6) is 0.969. The maximum atomic E-state index is 13.3. The van der Waals surface area contributed by atoms with Crippen molar-refractivity contribution < 1.29 is 9.18 Å². The van der Waals surface area contributed by atoms with Crippen LogP contribution in [-0.4, -0.2) is 33.8 Å². The van der Waals surface area contributed by atoms with E-state index in [0.717, 1.165) is 41.8 Å². The average Bonchev–Trinajstić information content (AvgIpc) is 3.19. The number of thiophene rings is 1. The Kier molecular flexibility index (Phi) is 5.55. The molecule has 4 rings (SSSR count). The number of piperidine rings is 1. The van der Waals surface area contributed by atoms with Gasteiger partial charge >= 0.3 is 0 Å². The van der Waals surface area contributed by atoms with E-state index in [1.165, 1.54) is 23.5 Å². The molecular formula is C17H19ClFN5OS. The summed E-state index contributed by atoms with van der Waals surface area (Å²) in [4.78, 5) is 17.5. The van der Waals surface area contributed by atoms with Gasteiger partial charge in [-0.25, -0.2) is 9.07 Å². The van der Waals surface area contributed by atoms with Crippen molar-refractivity contribution in [1.82, 2.24) is 20.1 Å². The lowest BCUT2D eigenvalue weighted by molar-refractivity contribution is 0.102. The van der Waals surface area contributed by atoms with Crippen LogP contribution in [0.3, 0.4) is 0 Å². The molecule has 2 aromatic heterocycles. The van der Waals surface area contributed by atoms with Crippen molar-refractivity contribution in [3.05, 3.63) is 40.8 Å². The van der Waals surface area contributed by atoms with Crippen LogP contribution in [0.4, 0.5) is 10.3 Å². The van der Waals surface area contributed by atoms with Gasteiger partial charge in [-0.05, 0) is 55.6 Å². The van der Waals surface area contributed by atoms with Crippen molar-refractivity contribution in [2.75, 3.05) is 18.4 Å². The molecule has 3 heterocycles. The molecule has 0 spiro atoms. The number of anilines is 1. The number of nitrogens with zero attached hydrogens (tertiary/aromatic N) is 3. The summed E-state index contributed by atoms with van der Waals surface area (Å²) >= 11 is 1.33. The summed E-state index contributed by atoms with van der Waals surface area (Å²) in [6, 6.07) is 6.21. The lowest BCUT2D eigenvalue weighted by Crippen LogP contribution is -2.27. The molecule has 1 fully saturated rings. The lowest BCUT2D eigenvalue weighted by Gasteiger charge is -2.19. The van der Waals surface area contributed by atoms with Gasteiger partial charge in [0, 0.05) is 17.7 Å². The zero-order valence-electron chi connectivity index (χ0n) is 14.2. The van der Waals surface area contributed by atoms with Gasteiger partial charge in [0.25, 0.3) is 5.91 Å². The van der Waals surface area contributed by atoms with E-state index in [4.69, 9.17) is 0 Å². The van der Waals surface area contributed by atoms with Crippen LogP contribution >= 0.6 is 23.7 Å². The second kappa shape index (κ2) is 7.69.